The van der Waals surface area contributed by atoms with Crippen LogP contribution in [-0.4, -0.2) is 29.5 Å². The lowest BCUT2D eigenvalue weighted by atomic mass is 10.3. The van der Waals surface area contributed by atoms with Crippen LogP contribution in [-0.2, 0) is 4.79 Å². The van der Waals surface area contributed by atoms with Gasteiger partial charge in [0.05, 0.1) is 6.20 Å². The van der Waals surface area contributed by atoms with Crippen LogP contribution in [0, 0.1) is 0 Å². The fourth-order valence-electron chi connectivity index (χ4n) is 1.16. The summed E-state index contributed by atoms with van der Waals surface area (Å²) < 4.78 is 5.29. The first kappa shape index (κ1) is 11.5. The van der Waals surface area contributed by atoms with Crippen LogP contribution in [0.4, 0.5) is 0 Å². The highest BCUT2D eigenvalue weighted by atomic mass is 32.1. The molecule has 2 rings (SSSR count). The molecular weight excluding hydrogens is 238 g/mol. The summed E-state index contributed by atoms with van der Waals surface area (Å²) in [5, 5.41) is 3.96. The number of amides is 1. The van der Waals surface area contributed by atoms with Gasteiger partial charge in [-0.3, -0.25) is 9.78 Å². The highest BCUT2D eigenvalue weighted by molar-refractivity contribution is 7.16. The molecule has 0 aromatic carbocycles. The van der Waals surface area contributed by atoms with Gasteiger partial charge in [0.1, 0.15) is 5.01 Å². The van der Waals surface area contributed by atoms with Gasteiger partial charge >= 0.3 is 0 Å². The molecule has 17 heavy (non-hydrogen) atoms. The Labute approximate surface area is 102 Å². The number of pyridine rings is 1. The molecule has 0 spiro atoms. The molecule has 0 fully saturated rings. The first-order chi connectivity index (χ1) is 8.29. The van der Waals surface area contributed by atoms with Gasteiger partial charge in [-0.2, -0.15) is 0 Å². The third-order valence-electron chi connectivity index (χ3n) is 2.04. The Hall–Kier alpha value is -1.95. The van der Waals surface area contributed by atoms with E-state index in [1.54, 1.807) is 25.6 Å². The minimum absolute atomic E-state index is 0.00841. The van der Waals surface area contributed by atoms with E-state index in [-0.39, 0.29) is 12.5 Å². The summed E-state index contributed by atoms with van der Waals surface area (Å²) in [6, 6.07) is 3.75. The number of carbonyl (C=O) groups is 1. The smallest absolute Gasteiger partial charge is 0.257 e. The number of hydrogen-bond acceptors (Lipinski definition) is 5. The maximum absolute atomic E-state index is 11.0. The normalized spacial score (nSPS) is 9.94. The third-order valence-corrected chi connectivity index (χ3v) is 3.00. The molecule has 88 valence electrons. The Morgan fingerprint density at radius 3 is 2.94 bits per heavy atom. The lowest BCUT2D eigenvalue weighted by molar-refractivity contribution is -0.122. The molecule has 0 saturated heterocycles. The summed E-state index contributed by atoms with van der Waals surface area (Å²) in [5.41, 5.74) is 0.986. The average molecular weight is 249 g/mol. The van der Waals surface area contributed by atoms with E-state index >= 15 is 0 Å². The van der Waals surface area contributed by atoms with Crippen molar-refractivity contribution in [3.63, 3.8) is 0 Å². The number of likely N-dealkylation sites (N-methyl/N-ethyl adjacent to an activating group) is 1. The largest absolute Gasteiger partial charge is 0.473 e. The zero-order chi connectivity index (χ0) is 12.1. The van der Waals surface area contributed by atoms with Gasteiger partial charge in [-0.25, -0.2) is 4.98 Å². The van der Waals surface area contributed by atoms with Crippen molar-refractivity contribution >= 4 is 17.2 Å². The highest BCUT2D eigenvalue weighted by Gasteiger charge is 2.06. The van der Waals surface area contributed by atoms with Gasteiger partial charge in [-0.1, -0.05) is 11.3 Å². The van der Waals surface area contributed by atoms with Crippen molar-refractivity contribution in [2.75, 3.05) is 13.7 Å². The Bertz CT molecular complexity index is 498. The first-order valence-corrected chi connectivity index (χ1v) is 5.81. The van der Waals surface area contributed by atoms with E-state index in [9.17, 15) is 4.79 Å². The van der Waals surface area contributed by atoms with Gasteiger partial charge in [0.15, 0.2) is 11.7 Å². The summed E-state index contributed by atoms with van der Waals surface area (Å²) in [6.45, 7) is 0.00841. The molecule has 6 heteroatoms. The van der Waals surface area contributed by atoms with Crippen molar-refractivity contribution in [3.8, 4) is 15.6 Å². The molecule has 0 bridgehead atoms. The Morgan fingerprint density at radius 2 is 2.24 bits per heavy atom. The summed E-state index contributed by atoms with van der Waals surface area (Å²) in [4.78, 5) is 19.2. The number of nitrogens with one attached hydrogen (secondary N) is 1. The predicted octanol–water partition coefficient (Wildman–Crippen LogP) is 1.33. The number of hydrogen-bond donors (Lipinski definition) is 1. The number of rotatable bonds is 4. The fraction of sp³-hybridized carbons (Fsp3) is 0.182. The van der Waals surface area contributed by atoms with Gasteiger partial charge in [0.2, 0.25) is 0 Å². The molecule has 2 aromatic heterocycles. The van der Waals surface area contributed by atoms with Gasteiger partial charge in [-0.05, 0) is 12.1 Å². The Morgan fingerprint density at radius 1 is 1.47 bits per heavy atom. The maximum Gasteiger partial charge on any atom is 0.257 e. The molecule has 0 aliphatic heterocycles. The zero-order valence-electron chi connectivity index (χ0n) is 9.21. The van der Waals surface area contributed by atoms with Crippen molar-refractivity contribution in [3.05, 3.63) is 30.7 Å². The van der Waals surface area contributed by atoms with Crippen molar-refractivity contribution < 1.29 is 9.53 Å². The fourth-order valence-corrected chi connectivity index (χ4v) is 1.94. The molecule has 2 aromatic rings. The van der Waals surface area contributed by atoms with Crippen molar-refractivity contribution in [1.82, 2.24) is 15.3 Å². The minimum atomic E-state index is -0.163. The molecule has 0 radical (unpaired) electrons. The number of aromatic nitrogens is 2. The molecule has 2 heterocycles. The standard InChI is InChI=1S/C11H11N3O2S/c1-12-9(15)7-16-10-6-14-11(17-10)8-2-4-13-5-3-8/h2-6H,7H2,1H3,(H,12,15). The van der Waals surface area contributed by atoms with E-state index in [1.807, 2.05) is 12.1 Å². The van der Waals surface area contributed by atoms with Crippen molar-refractivity contribution in [2.45, 2.75) is 0 Å². The molecule has 5 nitrogen and oxygen atoms in total. The minimum Gasteiger partial charge on any atom is -0.473 e. The van der Waals surface area contributed by atoms with Crippen LogP contribution in [0.25, 0.3) is 10.6 Å². The van der Waals surface area contributed by atoms with E-state index in [0.717, 1.165) is 10.6 Å². The quantitative estimate of drug-likeness (QED) is 0.887. The molecule has 0 aliphatic carbocycles. The van der Waals surface area contributed by atoms with Crippen LogP contribution in [0.5, 0.6) is 5.06 Å². The van der Waals surface area contributed by atoms with Gasteiger partial charge in [-0.15, -0.1) is 0 Å². The lowest BCUT2D eigenvalue weighted by Gasteiger charge is -2.00. The van der Waals surface area contributed by atoms with E-state index in [2.05, 4.69) is 15.3 Å². The summed E-state index contributed by atoms with van der Waals surface area (Å²) >= 11 is 1.40. The summed E-state index contributed by atoms with van der Waals surface area (Å²) in [5.74, 6) is -0.163. The van der Waals surface area contributed by atoms with E-state index < -0.39 is 0 Å². The molecule has 0 aliphatic rings. The second-order valence-electron chi connectivity index (χ2n) is 3.18. The van der Waals surface area contributed by atoms with Crippen LogP contribution in [0.1, 0.15) is 0 Å². The second-order valence-corrected chi connectivity index (χ2v) is 4.18. The van der Waals surface area contributed by atoms with Gasteiger partial charge in [0, 0.05) is 25.0 Å². The predicted molar refractivity (Wildman–Crippen MR) is 64.9 cm³/mol. The van der Waals surface area contributed by atoms with Crippen LogP contribution >= 0.6 is 11.3 Å². The second kappa shape index (κ2) is 5.40. The Kier molecular flexibility index (Phi) is 3.66. The number of thiazole rings is 1. The van der Waals surface area contributed by atoms with Crippen LogP contribution < -0.4 is 10.1 Å². The van der Waals surface area contributed by atoms with Crippen LogP contribution in [0.3, 0.4) is 0 Å². The lowest BCUT2D eigenvalue weighted by Crippen LogP contribution is -2.24. The van der Waals surface area contributed by atoms with Crippen LogP contribution in [0.15, 0.2) is 30.7 Å². The molecule has 0 saturated carbocycles. The van der Waals surface area contributed by atoms with E-state index in [0.29, 0.717) is 5.06 Å². The van der Waals surface area contributed by atoms with Gasteiger partial charge in [0.25, 0.3) is 5.91 Å². The topological polar surface area (TPSA) is 64.1 Å². The van der Waals surface area contributed by atoms with Gasteiger partial charge < -0.3 is 10.1 Å². The highest BCUT2D eigenvalue weighted by Crippen LogP contribution is 2.29. The molecule has 1 amide bonds. The maximum atomic E-state index is 11.0. The summed E-state index contributed by atoms with van der Waals surface area (Å²) in [6.07, 6.45) is 5.03. The molecular formula is C11H11N3O2S. The number of nitrogens with zero attached hydrogens (tertiary/aromatic N) is 2. The molecule has 1 N–H and O–H groups in total. The number of carbonyl (C=O) groups excluding carboxylic acids is 1. The monoisotopic (exact) mass is 249 g/mol. The van der Waals surface area contributed by atoms with E-state index in [1.165, 1.54) is 11.3 Å². The summed E-state index contributed by atoms with van der Waals surface area (Å²) in [7, 11) is 1.57. The third kappa shape index (κ3) is 3.01. The first-order valence-electron chi connectivity index (χ1n) is 4.99. The molecule has 0 atom stereocenters. The van der Waals surface area contributed by atoms with Crippen LogP contribution in [0.2, 0.25) is 0 Å². The SMILES string of the molecule is CNC(=O)COc1cnc(-c2ccncc2)s1. The van der Waals surface area contributed by atoms with Crippen molar-refractivity contribution in [2.24, 2.45) is 0 Å². The van der Waals surface area contributed by atoms with Crippen molar-refractivity contribution in [1.29, 1.82) is 0 Å². The number of ether oxygens (including phenoxy) is 1. The average Bonchev–Trinajstić information content (AvgIpc) is 2.86. The van der Waals surface area contributed by atoms with E-state index in [4.69, 9.17) is 4.74 Å². The molecule has 0 unspecified atom stereocenters. The zero-order valence-corrected chi connectivity index (χ0v) is 10.0. The Balaban J connectivity index is 2.04.